The van der Waals surface area contributed by atoms with Crippen LogP contribution in [0.15, 0.2) is 68.6 Å². The summed E-state index contributed by atoms with van der Waals surface area (Å²) in [5.41, 5.74) is 2.69. The summed E-state index contributed by atoms with van der Waals surface area (Å²) in [6, 6.07) is 11.5. The summed E-state index contributed by atoms with van der Waals surface area (Å²) in [7, 11) is 0. The smallest absolute Gasteiger partial charge is 0.283 e. The molecule has 29 heavy (non-hydrogen) atoms. The van der Waals surface area contributed by atoms with Crippen molar-refractivity contribution in [2.24, 2.45) is 4.99 Å². The van der Waals surface area contributed by atoms with Crippen LogP contribution in [0.5, 0.6) is 5.75 Å². The molecule has 1 N–H and O–H groups in total. The van der Waals surface area contributed by atoms with Crippen LogP contribution in [-0.2, 0) is 11.4 Å². The summed E-state index contributed by atoms with van der Waals surface area (Å²) >= 11 is 4.82. The minimum absolute atomic E-state index is 0.117. The molecule has 5 nitrogen and oxygen atoms in total. The number of nitrogens with one attached hydrogen (secondary N) is 1. The standard InChI is InChI=1S/C21H15BrFN3O2S/c1-12-11-29-21-25-20(27)16(19(24)26(12)21)8-14-4-7-18(17(22)9-14)28-10-13-2-5-15(23)6-3-13/h2-9,11,24H,10H2,1H3. The molecule has 146 valence electrons. The first-order chi connectivity index (χ1) is 13.9. The number of benzene rings is 2. The third-order valence-electron chi connectivity index (χ3n) is 4.36. The monoisotopic (exact) mass is 471 g/mol. The number of amidine groups is 2. The van der Waals surface area contributed by atoms with Crippen LogP contribution in [-0.4, -0.2) is 21.8 Å². The molecule has 0 aromatic heterocycles. The fourth-order valence-electron chi connectivity index (χ4n) is 2.87. The van der Waals surface area contributed by atoms with Gasteiger partial charge in [0.1, 0.15) is 24.0 Å². The fourth-order valence-corrected chi connectivity index (χ4v) is 4.24. The van der Waals surface area contributed by atoms with Gasteiger partial charge < -0.3 is 4.74 Å². The second-order valence-corrected chi connectivity index (χ2v) is 8.11. The number of amides is 1. The van der Waals surface area contributed by atoms with Crippen LogP contribution in [0.4, 0.5) is 4.39 Å². The van der Waals surface area contributed by atoms with E-state index < -0.39 is 5.91 Å². The van der Waals surface area contributed by atoms with Gasteiger partial charge in [0, 0.05) is 5.70 Å². The average Bonchev–Trinajstić information content (AvgIpc) is 3.06. The fraction of sp³-hybridized carbons (Fsp3) is 0.0952. The van der Waals surface area contributed by atoms with Crippen LogP contribution in [0.1, 0.15) is 18.1 Å². The van der Waals surface area contributed by atoms with Crippen molar-refractivity contribution in [3.8, 4) is 5.75 Å². The second kappa shape index (κ2) is 7.96. The lowest BCUT2D eigenvalue weighted by Crippen LogP contribution is -2.37. The van der Waals surface area contributed by atoms with E-state index in [0.29, 0.717) is 22.0 Å². The molecular weight excluding hydrogens is 457 g/mol. The van der Waals surface area contributed by atoms with Gasteiger partial charge in [-0.1, -0.05) is 30.0 Å². The lowest BCUT2D eigenvalue weighted by atomic mass is 10.1. The highest BCUT2D eigenvalue weighted by Crippen LogP contribution is 2.33. The van der Waals surface area contributed by atoms with Crippen LogP contribution in [0.25, 0.3) is 6.08 Å². The van der Waals surface area contributed by atoms with Crippen molar-refractivity contribution in [2.45, 2.75) is 13.5 Å². The van der Waals surface area contributed by atoms with Crippen LogP contribution in [0.2, 0.25) is 0 Å². The molecule has 2 aromatic rings. The van der Waals surface area contributed by atoms with Gasteiger partial charge in [0.25, 0.3) is 5.91 Å². The lowest BCUT2D eigenvalue weighted by molar-refractivity contribution is -0.114. The van der Waals surface area contributed by atoms with E-state index in [9.17, 15) is 9.18 Å². The topological polar surface area (TPSA) is 65.8 Å². The maximum Gasteiger partial charge on any atom is 0.283 e. The molecule has 0 spiro atoms. The number of aliphatic imine (C=N–C) groups is 1. The highest BCUT2D eigenvalue weighted by Gasteiger charge is 2.33. The van der Waals surface area contributed by atoms with E-state index in [4.69, 9.17) is 10.1 Å². The van der Waals surface area contributed by atoms with E-state index in [0.717, 1.165) is 16.8 Å². The van der Waals surface area contributed by atoms with Crippen LogP contribution in [0, 0.1) is 11.2 Å². The van der Waals surface area contributed by atoms with Crippen LogP contribution >= 0.6 is 27.7 Å². The Kier molecular flexibility index (Phi) is 5.38. The van der Waals surface area contributed by atoms with Gasteiger partial charge in [0.15, 0.2) is 5.17 Å². The Balaban J connectivity index is 1.53. The van der Waals surface area contributed by atoms with Gasteiger partial charge in [-0.25, -0.2) is 4.39 Å². The number of carbonyl (C=O) groups excluding carboxylic acids is 1. The summed E-state index contributed by atoms with van der Waals surface area (Å²) in [5, 5.41) is 10.8. The van der Waals surface area contributed by atoms with Crippen molar-refractivity contribution in [3.63, 3.8) is 0 Å². The molecule has 0 saturated heterocycles. The second-order valence-electron chi connectivity index (χ2n) is 6.42. The zero-order valence-electron chi connectivity index (χ0n) is 15.3. The summed E-state index contributed by atoms with van der Waals surface area (Å²) in [6.07, 6.45) is 1.65. The molecule has 0 fully saturated rings. The molecule has 0 saturated carbocycles. The number of nitrogens with zero attached hydrogens (tertiary/aromatic N) is 2. The minimum Gasteiger partial charge on any atom is -0.488 e. The van der Waals surface area contributed by atoms with Crippen molar-refractivity contribution in [2.75, 3.05) is 0 Å². The Labute approximate surface area is 179 Å². The molecule has 0 bridgehead atoms. The SMILES string of the molecule is CC1=CSC2=NC(=O)C(=Cc3ccc(OCc4ccc(F)cc4)c(Br)c3)C(=N)N12. The van der Waals surface area contributed by atoms with Crippen molar-refractivity contribution in [1.82, 2.24) is 4.90 Å². The van der Waals surface area contributed by atoms with E-state index in [1.54, 1.807) is 35.2 Å². The normalized spacial score (nSPS) is 17.3. The maximum absolute atomic E-state index is 13.0. The molecule has 4 rings (SSSR count). The van der Waals surface area contributed by atoms with Crippen LogP contribution < -0.4 is 4.74 Å². The number of halogens is 2. The van der Waals surface area contributed by atoms with Crippen molar-refractivity contribution >= 4 is 50.7 Å². The van der Waals surface area contributed by atoms with Gasteiger partial charge >= 0.3 is 0 Å². The first-order valence-electron chi connectivity index (χ1n) is 8.66. The quantitative estimate of drug-likeness (QED) is 0.611. The molecule has 0 aliphatic carbocycles. The van der Waals surface area contributed by atoms with Gasteiger partial charge in [-0.05, 0) is 69.7 Å². The molecule has 0 unspecified atom stereocenters. The molecule has 1 amide bonds. The Morgan fingerprint density at radius 1 is 1.28 bits per heavy atom. The predicted octanol–water partition coefficient (Wildman–Crippen LogP) is 5.33. The van der Waals surface area contributed by atoms with Gasteiger partial charge in [0.2, 0.25) is 0 Å². The summed E-state index contributed by atoms with van der Waals surface area (Å²) in [5.74, 6) is 0.0254. The van der Waals surface area contributed by atoms with Crippen molar-refractivity contribution < 1.29 is 13.9 Å². The molecule has 2 aromatic carbocycles. The molecule has 2 aliphatic rings. The van der Waals surface area contributed by atoms with E-state index in [-0.39, 0.29) is 17.2 Å². The largest absolute Gasteiger partial charge is 0.488 e. The Morgan fingerprint density at radius 2 is 2.03 bits per heavy atom. The van der Waals surface area contributed by atoms with E-state index in [1.165, 1.54) is 23.9 Å². The Bertz CT molecular complexity index is 1110. The summed E-state index contributed by atoms with van der Waals surface area (Å²) < 4.78 is 19.5. The highest BCUT2D eigenvalue weighted by molar-refractivity contribution is 9.10. The van der Waals surface area contributed by atoms with E-state index >= 15 is 0 Å². The molecule has 2 heterocycles. The van der Waals surface area contributed by atoms with Crippen molar-refractivity contribution in [3.05, 3.63) is 80.6 Å². The van der Waals surface area contributed by atoms with Gasteiger partial charge in [-0.15, -0.1) is 0 Å². The highest BCUT2D eigenvalue weighted by atomic mass is 79.9. The Morgan fingerprint density at radius 3 is 2.76 bits per heavy atom. The summed E-state index contributed by atoms with van der Waals surface area (Å²) in [6.45, 7) is 2.18. The number of fused-ring (bicyclic) bond motifs is 1. The predicted molar refractivity (Wildman–Crippen MR) is 116 cm³/mol. The van der Waals surface area contributed by atoms with E-state index in [2.05, 4.69) is 20.9 Å². The molecular formula is C21H15BrFN3O2S. The number of carbonyl (C=O) groups is 1. The van der Waals surface area contributed by atoms with Gasteiger partial charge in [-0.3, -0.25) is 15.1 Å². The lowest BCUT2D eigenvalue weighted by Gasteiger charge is -2.25. The zero-order chi connectivity index (χ0) is 20.5. The zero-order valence-corrected chi connectivity index (χ0v) is 17.7. The van der Waals surface area contributed by atoms with E-state index in [1.807, 2.05) is 18.4 Å². The number of thioether (sulfide) groups is 1. The molecule has 2 aliphatic heterocycles. The van der Waals surface area contributed by atoms with Gasteiger partial charge in [0.05, 0.1) is 10.0 Å². The van der Waals surface area contributed by atoms with Crippen LogP contribution in [0.3, 0.4) is 0 Å². The van der Waals surface area contributed by atoms with Gasteiger partial charge in [-0.2, -0.15) is 4.99 Å². The minimum atomic E-state index is -0.426. The number of rotatable bonds is 4. The number of ether oxygens (including phenoxy) is 1. The average molecular weight is 472 g/mol. The molecule has 0 atom stereocenters. The van der Waals surface area contributed by atoms with Crippen molar-refractivity contribution in [1.29, 1.82) is 5.41 Å². The Hall–Kier alpha value is -2.71. The number of allylic oxidation sites excluding steroid dienone is 1. The third kappa shape index (κ3) is 4.04. The molecule has 8 heteroatoms. The third-order valence-corrected chi connectivity index (χ3v) is 5.92. The summed E-state index contributed by atoms with van der Waals surface area (Å²) in [4.78, 5) is 18.1. The maximum atomic E-state index is 13.0. The number of hydrogen-bond donors (Lipinski definition) is 1. The number of hydrogen-bond acceptors (Lipinski definition) is 4. The molecule has 0 radical (unpaired) electrons. The first kappa shape index (κ1) is 19.6. The first-order valence-corrected chi connectivity index (χ1v) is 10.3.